The lowest BCUT2D eigenvalue weighted by Gasteiger charge is -2.13. The van der Waals surface area contributed by atoms with Crippen molar-refractivity contribution in [3.05, 3.63) is 60.3 Å². The molecule has 0 unspecified atom stereocenters. The van der Waals surface area contributed by atoms with Crippen molar-refractivity contribution >= 4 is 33.5 Å². The van der Waals surface area contributed by atoms with Crippen molar-refractivity contribution in [3.63, 3.8) is 0 Å². The van der Waals surface area contributed by atoms with Gasteiger partial charge in [-0.05, 0) is 62.2 Å². The standard InChI is InChI=1S/C22H21N7O/c1-12(2)29-20(5-7-25-29)22(30)27-18-9-14(10-19-17(18)11-24-28-19)15-4-6-23-21-16(15)8-13(3)26-21/h4-12H,1-3H3,(H,23,26)(H,24,28)(H,27,30). The largest absolute Gasteiger partial charge is 0.344 e. The molecule has 8 nitrogen and oxygen atoms in total. The predicted molar refractivity (Wildman–Crippen MR) is 116 cm³/mol. The van der Waals surface area contributed by atoms with E-state index in [2.05, 4.69) is 36.6 Å². The van der Waals surface area contributed by atoms with Crippen molar-refractivity contribution in [2.45, 2.75) is 26.8 Å². The molecule has 8 heteroatoms. The van der Waals surface area contributed by atoms with Crippen molar-refractivity contribution < 1.29 is 4.79 Å². The van der Waals surface area contributed by atoms with Gasteiger partial charge in [0, 0.05) is 34.9 Å². The van der Waals surface area contributed by atoms with E-state index in [4.69, 9.17) is 0 Å². The zero-order valence-corrected chi connectivity index (χ0v) is 16.9. The van der Waals surface area contributed by atoms with Gasteiger partial charge >= 0.3 is 0 Å². The van der Waals surface area contributed by atoms with Gasteiger partial charge in [-0.3, -0.25) is 14.6 Å². The summed E-state index contributed by atoms with van der Waals surface area (Å²) in [6.45, 7) is 5.99. The van der Waals surface area contributed by atoms with E-state index in [9.17, 15) is 4.79 Å². The van der Waals surface area contributed by atoms with Crippen molar-refractivity contribution in [2.75, 3.05) is 5.32 Å². The Balaban J connectivity index is 1.62. The number of aromatic nitrogens is 6. The highest BCUT2D eigenvalue weighted by molar-refractivity contribution is 6.09. The highest BCUT2D eigenvalue weighted by atomic mass is 16.2. The number of benzene rings is 1. The zero-order chi connectivity index (χ0) is 20.8. The Labute approximate surface area is 172 Å². The molecular formula is C22H21N7O. The maximum absolute atomic E-state index is 13.0. The summed E-state index contributed by atoms with van der Waals surface area (Å²) in [6.07, 6.45) is 5.14. The summed E-state index contributed by atoms with van der Waals surface area (Å²) >= 11 is 0. The first-order chi connectivity index (χ1) is 14.5. The average Bonchev–Trinajstić information content (AvgIpc) is 3.45. The van der Waals surface area contributed by atoms with Gasteiger partial charge in [0.2, 0.25) is 0 Å². The van der Waals surface area contributed by atoms with Gasteiger partial charge in [-0.25, -0.2) is 4.98 Å². The molecule has 5 aromatic rings. The molecule has 150 valence electrons. The number of hydrogen-bond donors (Lipinski definition) is 3. The van der Waals surface area contributed by atoms with Crippen molar-refractivity contribution in [3.8, 4) is 11.1 Å². The Morgan fingerprint density at radius 3 is 2.83 bits per heavy atom. The smallest absolute Gasteiger partial charge is 0.273 e. The molecule has 0 aliphatic heterocycles. The number of carbonyl (C=O) groups is 1. The Morgan fingerprint density at radius 1 is 1.13 bits per heavy atom. The first-order valence-electron chi connectivity index (χ1n) is 9.78. The number of nitrogens with zero attached hydrogens (tertiary/aromatic N) is 4. The molecule has 5 rings (SSSR count). The number of carbonyl (C=O) groups excluding carboxylic acids is 1. The molecule has 30 heavy (non-hydrogen) atoms. The Bertz CT molecular complexity index is 1390. The van der Waals surface area contributed by atoms with Crippen LogP contribution in [-0.4, -0.2) is 35.9 Å². The molecule has 3 N–H and O–H groups in total. The average molecular weight is 399 g/mol. The second-order valence-electron chi connectivity index (χ2n) is 7.64. The lowest BCUT2D eigenvalue weighted by Crippen LogP contribution is -2.19. The Hall–Kier alpha value is -3.94. The Morgan fingerprint density at radius 2 is 2.00 bits per heavy atom. The zero-order valence-electron chi connectivity index (χ0n) is 16.9. The number of aryl methyl sites for hydroxylation is 1. The summed E-state index contributed by atoms with van der Waals surface area (Å²) < 4.78 is 1.71. The van der Waals surface area contributed by atoms with Crippen LogP contribution < -0.4 is 5.32 Å². The predicted octanol–water partition coefficient (Wildman–Crippen LogP) is 4.44. The third-order valence-electron chi connectivity index (χ3n) is 5.18. The van der Waals surface area contributed by atoms with Gasteiger partial charge in [-0.2, -0.15) is 10.2 Å². The summed E-state index contributed by atoms with van der Waals surface area (Å²) in [6, 6.07) is 9.88. The van der Waals surface area contributed by atoms with Gasteiger partial charge in [0.25, 0.3) is 5.91 Å². The molecule has 0 bridgehead atoms. The molecule has 0 fully saturated rings. The number of pyridine rings is 1. The summed E-state index contributed by atoms with van der Waals surface area (Å²) in [5.74, 6) is -0.210. The molecule has 0 aliphatic rings. The Kier molecular flexibility index (Phi) is 4.13. The minimum Gasteiger partial charge on any atom is -0.344 e. The lowest BCUT2D eigenvalue weighted by atomic mass is 10.0. The molecule has 1 amide bonds. The van der Waals surface area contributed by atoms with Crippen molar-refractivity contribution in [1.29, 1.82) is 0 Å². The highest BCUT2D eigenvalue weighted by Gasteiger charge is 2.17. The molecule has 0 radical (unpaired) electrons. The normalized spacial score (nSPS) is 11.6. The molecule has 4 heterocycles. The molecule has 4 aromatic heterocycles. The number of nitrogens with one attached hydrogen (secondary N) is 3. The second kappa shape index (κ2) is 6.84. The number of H-pyrrole nitrogens is 2. The fourth-order valence-electron chi connectivity index (χ4n) is 3.81. The minimum absolute atomic E-state index is 0.0861. The van der Waals surface area contributed by atoms with Crippen LogP contribution in [0.3, 0.4) is 0 Å². The lowest BCUT2D eigenvalue weighted by molar-refractivity contribution is 0.101. The summed E-state index contributed by atoms with van der Waals surface area (Å²) in [7, 11) is 0. The van der Waals surface area contributed by atoms with E-state index in [0.29, 0.717) is 11.4 Å². The molecule has 0 saturated carbocycles. The van der Waals surface area contributed by atoms with Crippen LogP contribution in [0, 0.1) is 6.92 Å². The third kappa shape index (κ3) is 2.93. The van der Waals surface area contributed by atoms with Gasteiger partial charge in [-0.15, -0.1) is 0 Å². The monoisotopic (exact) mass is 399 g/mol. The van der Waals surface area contributed by atoms with Crippen LogP contribution in [0.4, 0.5) is 5.69 Å². The van der Waals surface area contributed by atoms with Gasteiger partial charge in [0.1, 0.15) is 11.3 Å². The van der Waals surface area contributed by atoms with E-state index in [0.717, 1.165) is 38.8 Å². The number of rotatable bonds is 4. The first-order valence-corrected chi connectivity index (χ1v) is 9.78. The molecular weight excluding hydrogens is 378 g/mol. The number of anilines is 1. The van der Waals surface area contributed by atoms with Gasteiger partial charge in [0.05, 0.1) is 17.4 Å². The van der Waals surface area contributed by atoms with E-state index in [1.807, 2.05) is 39.0 Å². The highest BCUT2D eigenvalue weighted by Crippen LogP contribution is 2.34. The minimum atomic E-state index is -0.210. The van der Waals surface area contributed by atoms with Crippen molar-refractivity contribution in [1.82, 2.24) is 29.9 Å². The molecule has 0 saturated heterocycles. The quantitative estimate of drug-likeness (QED) is 0.415. The molecule has 0 aliphatic carbocycles. The van der Waals surface area contributed by atoms with Crippen LogP contribution in [0.2, 0.25) is 0 Å². The second-order valence-corrected chi connectivity index (χ2v) is 7.64. The molecule has 1 aromatic carbocycles. The number of aromatic amines is 2. The topological polar surface area (TPSA) is 104 Å². The molecule has 0 spiro atoms. The molecule has 0 atom stereocenters. The van der Waals surface area contributed by atoms with E-state index in [1.165, 1.54) is 0 Å². The van der Waals surface area contributed by atoms with Gasteiger partial charge < -0.3 is 10.3 Å². The first kappa shape index (κ1) is 18.1. The van der Waals surface area contributed by atoms with Crippen molar-refractivity contribution in [2.24, 2.45) is 0 Å². The van der Waals surface area contributed by atoms with Gasteiger partial charge in [0.15, 0.2) is 0 Å². The third-order valence-corrected chi connectivity index (χ3v) is 5.18. The van der Waals surface area contributed by atoms with Crippen LogP contribution >= 0.6 is 0 Å². The van der Waals surface area contributed by atoms with Gasteiger partial charge in [-0.1, -0.05) is 0 Å². The maximum atomic E-state index is 13.0. The fourth-order valence-corrected chi connectivity index (χ4v) is 3.81. The number of hydrogen-bond acceptors (Lipinski definition) is 4. The van der Waals surface area contributed by atoms with E-state index in [-0.39, 0.29) is 11.9 Å². The summed E-state index contributed by atoms with van der Waals surface area (Å²) in [5, 5.41) is 16.4. The number of fused-ring (bicyclic) bond motifs is 2. The fraction of sp³-hybridized carbons (Fsp3) is 0.182. The van der Waals surface area contributed by atoms with E-state index >= 15 is 0 Å². The van der Waals surface area contributed by atoms with Crippen LogP contribution in [0.15, 0.2) is 48.9 Å². The van der Waals surface area contributed by atoms with Crippen LogP contribution in [0.1, 0.15) is 36.1 Å². The van der Waals surface area contributed by atoms with Crippen LogP contribution in [0.5, 0.6) is 0 Å². The van der Waals surface area contributed by atoms with Crippen LogP contribution in [-0.2, 0) is 0 Å². The summed E-state index contributed by atoms with van der Waals surface area (Å²) in [4.78, 5) is 20.7. The van der Waals surface area contributed by atoms with E-state index in [1.54, 1.807) is 29.3 Å². The number of amides is 1. The SMILES string of the molecule is Cc1cc2c(-c3cc(NC(=O)c4ccnn4C(C)C)c4cn[nH]c4c3)ccnc2[nH]1. The maximum Gasteiger partial charge on any atom is 0.273 e. The van der Waals surface area contributed by atoms with E-state index < -0.39 is 0 Å². The summed E-state index contributed by atoms with van der Waals surface area (Å²) in [5.41, 5.74) is 5.92. The van der Waals surface area contributed by atoms with Crippen LogP contribution in [0.25, 0.3) is 33.1 Å².